The molecule has 0 radical (unpaired) electrons. The first-order valence-corrected chi connectivity index (χ1v) is 7.38. The third-order valence-corrected chi connectivity index (χ3v) is 3.73. The van der Waals surface area contributed by atoms with Gasteiger partial charge in [-0.1, -0.05) is 6.07 Å². The van der Waals surface area contributed by atoms with E-state index in [-0.39, 0.29) is 24.2 Å². The second-order valence-electron chi connectivity index (χ2n) is 5.73. The molecule has 122 valence electrons. The Balaban J connectivity index is 0.00000242. The smallest absolute Gasteiger partial charge is 0.253 e. The number of carbonyl (C=O) groups excluding carboxylic acids is 2. The normalized spacial score (nSPS) is 14.8. The van der Waals surface area contributed by atoms with Crippen molar-refractivity contribution in [3.8, 4) is 0 Å². The lowest BCUT2D eigenvalue weighted by Crippen LogP contribution is -2.30. The van der Waals surface area contributed by atoms with Gasteiger partial charge in [-0.3, -0.25) is 9.59 Å². The van der Waals surface area contributed by atoms with Crippen LogP contribution in [-0.2, 0) is 4.79 Å². The molecule has 1 saturated heterocycles. The summed E-state index contributed by atoms with van der Waals surface area (Å²) in [7, 11) is 3.43. The molecule has 0 unspecified atom stereocenters. The number of piperidine rings is 1. The van der Waals surface area contributed by atoms with Crippen molar-refractivity contribution in [3.63, 3.8) is 0 Å². The maximum absolute atomic E-state index is 12.1. The minimum absolute atomic E-state index is 0. The molecule has 6 heteroatoms. The zero-order valence-electron chi connectivity index (χ0n) is 13.1. The highest BCUT2D eigenvalue weighted by Crippen LogP contribution is 2.18. The van der Waals surface area contributed by atoms with Gasteiger partial charge in [-0.15, -0.1) is 12.4 Å². The molecule has 0 saturated carbocycles. The highest BCUT2D eigenvalue weighted by atomic mass is 35.5. The molecule has 22 heavy (non-hydrogen) atoms. The van der Waals surface area contributed by atoms with E-state index in [4.69, 9.17) is 0 Å². The standard InChI is InChI=1S/C16H23N3O2.ClH/c1-19(2)16(21)13-4-3-5-14(11-13)18-15(20)10-12-6-8-17-9-7-12;/h3-5,11-12,17H,6-10H2,1-2H3,(H,18,20);1H. The summed E-state index contributed by atoms with van der Waals surface area (Å²) in [5, 5.41) is 6.19. The van der Waals surface area contributed by atoms with Crippen LogP contribution in [0.3, 0.4) is 0 Å². The molecule has 0 spiro atoms. The molecular formula is C16H24ClN3O2. The van der Waals surface area contributed by atoms with Crippen LogP contribution in [0.25, 0.3) is 0 Å². The number of rotatable bonds is 4. The van der Waals surface area contributed by atoms with Crippen molar-refractivity contribution in [2.24, 2.45) is 5.92 Å². The number of halogens is 1. The maximum Gasteiger partial charge on any atom is 0.253 e. The van der Waals surface area contributed by atoms with Crippen LogP contribution in [0.4, 0.5) is 5.69 Å². The van der Waals surface area contributed by atoms with Crippen molar-refractivity contribution >= 4 is 29.9 Å². The third-order valence-electron chi connectivity index (χ3n) is 3.73. The molecule has 1 aromatic carbocycles. The minimum Gasteiger partial charge on any atom is -0.345 e. The second kappa shape index (κ2) is 8.76. The zero-order chi connectivity index (χ0) is 15.2. The van der Waals surface area contributed by atoms with Crippen LogP contribution < -0.4 is 10.6 Å². The number of anilines is 1. The van der Waals surface area contributed by atoms with Crippen LogP contribution in [0, 0.1) is 5.92 Å². The number of benzene rings is 1. The van der Waals surface area contributed by atoms with Crippen LogP contribution in [-0.4, -0.2) is 43.9 Å². The molecule has 2 N–H and O–H groups in total. The van der Waals surface area contributed by atoms with Gasteiger partial charge in [0.25, 0.3) is 5.91 Å². The largest absolute Gasteiger partial charge is 0.345 e. The molecule has 5 nitrogen and oxygen atoms in total. The molecule has 1 aliphatic heterocycles. The average molecular weight is 326 g/mol. The second-order valence-corrected chi connectivity index (χ2v) is 5.73. The molecule has 1 heterocycles. The van der Waals surface area contributed by atoms with Crippen LogP contribution in [0.2, 0.25) is 0 Å². The predicted molar refractivity (Wildman–Crippen MR) is 90.5 cm³/mol. The molecule has 2 rings (SSSR count). The summed E-state index contributed by atoms with van der Waals surface area (Å²) < 4.78 is 0. The Bertz CT molecular complexity index is 514. The van der Waals surface area contributed by atoms with Gasteiger partial charge in [0.2, 0.25) is 5.91 Å². The van der Waals surface area contributed by atoms with Gasteiger partial charge in [0.1, 0.15) is 0 Å². The zero-order valence-corrected chi connectivity index (χ0v) is 13.9. The monoisotopic (exact) mass is 325 g/mol. The number of carbonyl (C=O) groups is 2. The molecule has 1 fully saturated rings. The van der Waals surface area contributed by atoms with E-state index in [2.05, 4.69) is 10.6 Å². The number of hydrogen-bond donors (Lipinski definition) is 2. The van der Waals surface area contributed by atoms with E-state index in [1.165, 1.54) is 4.90 Å². The predicted octanol–water partition coefficient (Wildman–Crippen LogP) is 2.14. The Labute approximate surface area is 137 Å². The van der Waals surface area contributed by atoms with Crippen LogP contribution >= 0.6 is 12.4 Å². The average Bonchev–Trinajstić information content (AvgIpc) is 2.47. The maximum atomic E-state index is 12.1. The third kappa shape index (κ3) is 5.31. The fraction of sp³-hybridized carbons (Fsp3) is 0.500. The Hall–Kier alpha value is -1.59. The number of nitrogens with one attached hydrogen (secondary N) is 2. The van der Waals surface area contributed by atoms with Crippen molar-refractivity contribution in [2.45, 2.75) is 19.3 Å². The Morgan fingerprint density at radius 1 is 1.27 bits per heavy atom. The topological polar surface area (TPSA) is 61.4 Å². The van der Waals surface area contributed by atoms with E-state index in [9.17, 15) is 9.59 Å². The van der Waals surface area contributed by atoms with Gasteiger partial charge in [0, 0.05) is 31.8 Å². The molecule has 0 aliphatic carbocycles. The van der Waals surface area contributed by atoms with Crippen molar-refractivity contribution in [1.29, 1.82) is 0 Å². The van der Waals surface area contributed by atoms with Crippen LogP contribution in [0.1, 0.15) is 29.6 Å². The number of amides is 2. The van der Waals surface area contributed by atoms with E-state index in [1.807, 2.05) is 6.07 Å². The van der Waals surface area contributed by atoms with Crippen molar-refractivity contribution in [2.75, 3.05) is 32.5 Å². The van der Waals surface area contributed by atoms with Crippen LogP contribution in [0.15, 0.2) is 24.3 Å². The molecule has 1 aromatic rings. The molecular weight excluding hydrogens is 302 g/mol. The summed E-state index contributed by atoms with van der Waals surface area (Å²) >= 11 is 0. The van der Waals surface area contributed by atoms with Gasteiger partial charge >= 0.3 is 0 Å². The lowest BCUT2D eigenvalue weighted by atomic mass is 9.94. The van der Waals surface area contributed by atoms with Crippen molar-refractivity contribution in [1.82, 2.24) is 10.2 Å². The highest BCUT2D eigenvalue weighted by molar-refractivity contribution is 5.97. The van der Waals surface area contributed by atoms with E-state index in [0.717, 1.165) is 25.9 Å². The first-order chi connectivity index (χ1) is 10.1. The number of nitrogens with zero attached hydrogens (tertiary/aromatic N) is 1. The lowest BCUT2D eigenvalue weighted by Gasteiger charge is -2.22. The molecule has 0 atom stereocenters. The van der Waals surface area contributed by atoms with Gasteiger partial charge in [0.05, 0.1) is 0 Å². The fourth-order valence-electron chi connectivity index (χ4n) is 2.55. The van der Waals surface area contributed by atoms with E-state index < -0.39 is 0 Å². The first-order valence-electron chi connectivity index (χ1n) is 7.38. The summed E-state index contributed by atoms with van der Waals surface area (Å²) in [6.07, 6.45) is 2.65. The molecule has 0 bridgehead atoms. The van der Waals surface area contributed by atoms with E-state index in [0.29, 0.717) is 23.6 Å². The Morgan fingerprint density at radius 3 is 2.59 bits per heavy atom. The van der Waals surface area contributed by atoms with Gasteiger partial charge < -0.3 is 15.5 Å². The van der Waals surface area contributed by atoms with Crippen molar-refractivity contribution < 1.29 is 9.59 Å². The van der Waals surface area contributed by atoms with E-state index >= 15 is 0 Å². The Morgan fingerprint density at radius 2 is 1.95 bits per heavy atom. The summed E-state index contributed by atoms with van der Waals surface area (Å²) in [6.45, 7) is 1.98. The van der Waals surface area contributed by atoms with Crippen LogP contribution in [0.5, 0.6) is 0 Å². The number of hydrogen-bond acceptors (Lipinski definition) is 3. The van der Waals surface area contributed by atoms with Gasteiger partial charge in [0.15, 0.2) is 0 Å². The van der Waals surface area contributed by atoms with Crippen molar-refractivity contribution in [3.05, 3.63) is 29.8 Å². The molecule has 1 aliphatic rings. The highest BCUT2D eigenvalue weighted by Gasteiger charge is 2.17. The molecule has 0 aromatic heterocycles. The fourth-order valence-corrected chi connectivity index (χ4v) is 2.55. The van der Waals surface area contributed by atoms with Gasteiger partial charge in [-0.25, -0.2) is 0 Å². The quantitative estimate of drug-likeness (QED) is 0.891. The summed E-state index contributed by atoms with van der Waals surface area (Å²) in [5.41, 5.74) is 1.27. The molecule has 2 amide bonds. The van der Waals surface area contributed by atoms with E-state index in [1.54, 1.807) is 32.3 Å². The first kappa shape index (κ1) is 18.5. The minimum atomic E-state index is -0.0653. The SMILES string of the molecule is CN(C)C(=O)c1cccc(NC(=O)CC2CCNCC2)c1.Cl. The van der Waals surface area contributed by atoms with Gasteiger partial charge in [-0.05, 0) is 50.0 Å². The summed E-state index contributed by atoms with van der Waals surface area (Å²) in [6, 6.07) is 7.08. The lowest BCUT2D eigenvalue weighted by molar-refractivity contribution is -0.117. The summed E-state index contributed by atoms with van der Waals surface area (Å²) in [5.74, 6) is 0.415. The summed E-state index contributed by atoms with van der Waals surface area (Å²) in [4.78, 5) is 25.5. The van der Waals surface area contributed by atoms with Gasteiger partial charge in [-0.2, -0.15) is 0 Å². The Kier molecular flexibility index (Phi) is 7.35.